The highest BCUT2D eigenvalue weighted by Crippen LogP contribution is 2.53. The SMILES string of the molecule is C=C/C=C\c1ccc2c(c1C)c1cc(N(c3ccccc3-c3ccccc3)c3cccc4c3oc3ccccc34)cc3c1n2-c1ccc(-c2cccc(-c4nc(-c5ccccc5)nc(-c5ccccc5)n4)c2)cc1C3(C)C. The van der Waals surface area contributed by atoms with E-state index in [-0.39, 0.29) is 0 Å². The van der Waals surface area contributed by atoms with Crippen LogP contribution < -0.4 is 4.90 Å². The van der Waals surface area contributed by atoms with E-state index in [1.807, 2.05) is 78.9 Å². The number of hydrogen-bond donors (Lipinski definition) is 0. The fraction of sp³-hybridized carbons (Fsp3) is 0.0563. The second kappa shape index (κ2) is 18.2. The molecule has 0 atom stereocenters. The summed E-state index contributed by atoms with van der Waals surface area (Å²) in [6.07, 6.45) is 6.04. The van der Waals surface area contributed by atoms with Crippen molar-refractivity contribution in [3.63, 3.8) is 0 Å². The highest BCUT2D eigenvalue weighted by Gasteiger charge is 2.37. The number of fused-ring (bicyclic) bond motifs is 8. The van der Waals surface area contributed by atoms with E-state index in [0.29, 0.717) is 17.5 Å². The Kier molecular flexibility index (Phi) is 10.8. The molecule has 0 amide bonds. The minimum atomic E-state index is -0.472. The summed E-state index contributed by atoms with van der Waals surface area (Å²) in [6.45, 7) is 11.1. The van der Waals surface area contributed by atoms with Crippen LogP contribution in [0.2, 0.25) is 0 Å². The molecule has 0 bridgehead atoms. The summed E-state index contributed by atoms with van der Waals surface area (Å²) < 4.78 is 9.43. The summed E-state index contributed by atoms with van der Waals surface area (Å²) in [6, 6.07) is 79.7. The molecule has 0 N–H and O–H groups in total. The normalized spacial score (nSPS) is 12.7. The standard InChI is InChI=1S/C71H51N5O/c1-5-6-22-46-37-40-62-65(45(46)2)57-43-53(75(60-34-18-16-31-54(60)47-23-10-7-11-24-47)63-35-21-33-56-55-32-17-19-36-64(55)77-67(56)63)44-59-66(57)76(62)61-39-38-51(42-58(61)71(59,3)4)50-29-20-30-52(41-50)70-73-68(48-25-12-8-13-26-48)72-69(74-70)49-27-14-9-15-28-49/h5-44H,1H2,2-4H3/b22-6-. The Balaban J connectivity index is 0.995. The van der Waals surface area contributed by atoms with E-state index < -0.39 is 5.41 Å². The average Bonchev–Trinajstić information content (AvgIpc) is 4.24. The van der Waals surface area contributed by atoms with Crippen LogP contribution in [-0.2, 0) is 5.41 Å². The van der Waals surface area contributed by atoms with Crippen molar-refractivity contribution in [2.75, 3.05) is 4.90 Å². The minimum absolute atomic E-state index is 0.472. The van der Waals surface area contributed by atoms with Crippen LogP contribution >= 0.6 is 0 Å². The number of hydrogen-bond acceptors (Lipinski definition) is 5. The van der Waals surface area contributed by atoms with Crippen LogP contribution in [0.15, 0.2) is 248 Å². The molecule has 0 spiro atoms. The van der Waals surface area contributed by atoms with E-state index in [1.54, 1.807) is 0 Å². The van der Waals surface area contributed by atoms with E-state index in [2.05, 4.69) is 201 Å². The third kappa shape index (κ3) is 7.51. The van der Waals surface area contributed by atoms with Gasteiger partial charge in [-0.1, -0.05) is 209 Å². The van der Waals surface area contributed by atoms with Gasteiger partial charge in [-0.2, -0.15) is 0 Å². The van der Waals surface area contributed by atoms with Gasteiger partial charge in [0.05, 0.1) is 28.1 Å². The minimum Gasteiger partial charge on any atom is -0.454 e. The molecule has 4 heterocycles. The average molecular weight is 990 g/mol. The number of nitrogens with zero attached hydrogens (tertiary/aromatic N) is 5. The van der Waals surface area contributed by atoms with Gasteiger partial charge < -0.3 is 13.9 Å². The van der Waals surface area contributed by atoms with Gasteiger partial charge in [0.25, 0.3) is 0 Å². The summed E-state index contributed by atoms with van der Waals surface area (Å²) in [4.78, 5) is 17.6. The highest BCUT2D eigenvalue weighted by atomic mass is 16.3. The number of furan rings is 1. The molecule has 14 rings (SSSR count). The van der Waals surface area contributed by atoms with Crippen LogP contribution in [0.5, 0.6) is 0 Å². The number of allylic oxidation sites excluding steroid dienone is 2. The van der Waals surface area contributed by atoms with Crippen molar-refractivity contribution in [3.8, 4) is 62.1 Å². The molecule has 366 valence electrons. The molecule has 0 fully saturated rings. The van der Waals surface area contributed by atoms with Crippen molar-refractivity contribution in [2.24, 2.45) is 0 Å². The lowest BCUT2D eigenvalue weighted by Gasteiger charge is -2.36. The molecule has 0 saturated heterocycles. The van der Waals surface area contributed by atoms with Crippen molar-refractivity contribution in [1.82, 2.24) is 19.5 Å². The second-order valence-electron chi connectivity index (χ2n) is 20.4. The maximum atomic E-state index is 6.91. The van der Waals surface area contributed by atoms with Crippen molar-refractivity contribution in [1.29, 1.82) is 0 Å². The molecule has 13 aromatic rings. The number of aromatic nitrogens is 4. The van der Waals surface area contributed by atoms with Gasteiger partial charge in [0.1, 0.15) is 5.58 Å². The molecular formula is C71H51N5O. The summed E-state index contributed by atoms with van der Waals surface area (Å²) in [7, 11) is 0. The fourth-order valence-corrected chi connectivity index (χ4v) is 11.8. The van der Waals surface area contributed by atoms with Crippen molar-refractivity contribution in [3.05, 3.63) is 265 Å². The Hall–Kier alpha value is -9.91. The van der Waals surface area contributed by atoms with Gasteiger partial charge in [0, 0.05) is 54.9 Å². The van der Waals surface area contributed by atoms with Gasteiger partial charge in [0.15, 0.2) is 23.1 Å². The summed E-state index contributed by atoms with van der Waals surface area (Å²) in [5, 5.41) is 4.57. The van der Waals surface area contributed by atoms with E-state index in [9.17, 15) is 0 Å². The van der Waals surface area contributed by atoms with Crippen LogP contribution in [0, 0.1) is 6.92 Å². The number of aryl methyl sites for hydroxylation is 1. The fourth-order valence-electron chi connectivity index (χ4n) is 11.8. The highest BCUT2D eigenvalue weighted by molar-refractivity contribution is 6.16. The largest absolute Gasteiger partial charge is 0.454 e. The number of para-hydroxylation sites is 3. The Morgan fingerprint density at radius 3 is 1.84 bits per heavy atom. The van der Waals surface area contributed by atoms with Gasteiger partial charge >= 0.3 is 0 Å². The lowest BCUT2D eigenvalue weighted by Crippen LogP contribution is -2.27. The zero-order chi connectivity index (χ0) is 51.8. The van der Waals surface area contributed by atoms with Crippen LogP contribution in [0.3, 0.4) is 0 Å². The van der Waals surface area contributed by atoms with Crippen molar-refractivity contribution < 1.29 is 4.42 Å². The Labute approximate surface area is 447 Å². The quantitative estimate of drug-likeness (QED) is 0.128. The van der Waals surface area contributed by atoms with Gasteiger partial charge in [-0.25, -0.2) is 15.0 Å². The molecule has 10 aromatic carbocycles. The van der Waals surface area contributed by atoms with Gasteiger partial charge in [-0.15, -0.1) is 0 Å². The molecule has 0 saturated carbocycles. The van der Waals surface area contributed by atoms with Crippen LogP contribution in [0.25, 0.3) is 112 Å². The van der Waals surface area contributed by atoms with Crippen LogP contribution in [0.1, 0.15) is 36.1 Å². The van der Waals surface area contributed by atoms with E-state index in [0.717, 1.165) is 89.0 Å². The van der Waals surface area contributed by atoms with Crippen molar-refractivity contribution >= 4 is 66.9 Å². The molecule has 1 aliphatic heterocycles. The molecule has 77 heavy (non-hydrogen) atoms. The monoisotopic (exact) mass is 989 g/mol. The maximum absolute atomic E-state index is 6.91. The van der Waals surface area contributed by atoms with Crippen LogP contribution in [-0.4, -0.2) is 19.5 Å². The molecule has 0 unspecified atom stereocenters. The molecule has 1 aliphatic rings. The molecule has 6 nitrogen and oxygen atoms in total. The number of anilines is 3. The molecule has 0 radical (unpaired) electrons. The summed E-state index contributed by atoms with van der Waals surface area (Å²) in [5.41, 5.74) is 19.8. The Morgan fingerprint density at radius 1 is 0.506 bits per heavy atom. The van der Waals surface area contributed by atoms with E-state index in [1.165, 1.54) is 38.7 Å². The predicted molar refractivity (Wildman–Crippen MR) is 319 cm³/mol. The first-order valence-electron chi connectivity index (χ1n) is 26.2. The molecule has 0 aliphatic carbocycles. The first-order valence-corrected chi connectivity index (χ1v) is 26.2. The van der Waals surface area contributed by atoms with E-state index in [4.69, 9.17) is 19.4 Å². The Morgan fingerprint density at radius 2 is 1.10 bits per heavy atom. The van der Waals surface area contributed by atoms with Crippen LogP contribution in [0.4, 0.5) is 17.1 Å². The zero-order valence-corrected chi connectivity index (χ0v) is 42.9. The van der Waals surface area contributed by atoms with E-state index >= 15 is 0 Å². The lowest BCUT2D eigenvalue weighted by atomic mass is 9.73. The number of rotatable bonds is 10. The Bertz CT molecular complexity index is 4450. The second-order valence-corrected chi connectivity index (χ2v) is 20.4. The lowest BCUT2D eigenvalue weighted by molar-refractivity contribution is 0.630. The summed E-state index contributed by atoms with van der Waals surface area (Å²) in [5.74, 6) is 1.89. The first kappa shape index (κ1) is 45.7. The van der Waals surface area contributed by atoms with Gasteiger partial charge in [-0.05, 0) is 100 Å². The number of benzene rings is 10. The maximum Gasteiger partial charge on any atom is 0.164 e. The third-order valence-corrected chi connectivity index (χ3v) is 15.6. The molecule has 3 aromatic heterocycles. The third-order valence-electron chi connectivity index (χ3n) is 15.6. The topological polar surface area (TPSA) is 60.0 Å². The summed E-state index contributed by atoms with van der Waals surface area (Å²) >= 11 is 0. The zero-order valence-electron chi connectivity index (χ0n) is 42.9. The van der Waals surface area contributed by atoms with Gasteiger partial charge in [0.2, 0.25) is 0 Å². The molecule has 6 heteroatoms. The predicted octanol–water partition coefficient (Wildman–Crippen LogP) is 18.8. The smallest absolute Gasteiger partial charge is 0.164 e. The van der Waals surface area contributed by atoms with Crippen molar-refractivity contribution in [2.45, 2.75) is 26.2 Å². The van der Waals surface area contributed by atoms with Gasteiger partial charge in [-0.3, -0.25) is 0 Å². The molecular weight excluding hydrogens is 939 g/mol. The first-order chi connectivity index (χ1) is 37.8.